The van der Waals surface area contributed by atoms with E-state index in [1.165, 1.54) is 38.9 Å². The lowest BCUT2D eigenvalue weighted by Crippen LogP contribution is -2.31. The Bertz CT molecular complexity index is 1150. The van der Waals surface area contributed by atoms with Gasteiger partial charge in [0.25, 0.3) is 5.91 Å². The van der Waals surface area contributed by atoms with Gasteiger partial charge in [-0.1, -0.05) is 33.8 Å². The number of anilines is 1. The molecule has 0 fully saturated rings. The number of rotatable bonds is 10. The largest absolute Gasteiger partial charge is 0.322 e. The van der Waals surface area contributed by atoms with Crippen LogP contribution in [0.5, 0.6) is 0 Å². The maximum absolute atomic E-state index is 12.9. The molecule has 0 unspecified atom stereocenters. The van der Waals surface area contributed by atoms with Crippen LogP contribution in [0.3, 0.4) is 0 Å². The first-order chi connectivity index (χ1) is 15.0. The molecule has 2 aromatic carbocycles. The molecule has 8 nitrogen and oxygen atoms in total. The number of amides is 1. The molecule has 0 saturated carbocycles. The summed E-state index contributed by atoms with van der Waals surface area (Å²) in [5.74, 6) is -0.486. The number of nitrogens with one attached hydrogen (secondary N) is 1. The van der Waals surface area contributed by atoms with Gasteiger partial charge in [-0.05, 0) is 48.9 Å². The summed E-state index contributed by atoms with van der Waals surface area (Å²) in [6, 6.07) is 10.4. The monoisotopic (exact) mass is 481 g/mol. The zero-order valence-corrected chi connectivity index (χ0v) is 20.8. The van der Waals surface area contributed by atoms with Crippen LogP contribution in [0.2, 0.25) is 0 Å². The van der Waals surface area contributed by atoms with Crippen molar-refractivity contribution in [3.63, 3.8) is 0 Å². The lowest BCUT2D eigenvalue weighted by Gasteiger charge is -2.20. The lowest BCUT2D eigenvalue weighted by atomic mass is 10.1. The highest BCUT2D eigenvalue weighted by atomic mass is 32.2. The molecule has 0 aromatic heterocycles. The maximum Gasteiger partial charge on any atom is 0.255 e. The Morgan fingerprint density at radius 3 is 1.78 bits per heavy atom. The van der Waals surface area contributed by atoms with Gasteiger partial charge in [-0.25, -0.2) is 16.8 Å². The van der Waals surface area contributed by atoms with Gasteiger partial charge >= 0.3 is 0 Å². The van der Waals surface area contributed by atoms with Crippen LogP contribution in [0.4, 0.5) is 5.69 Å². The number of aryl methyl sites for hydroxylation is 1. The minimum atomic E-state index is -3.71. The maximum atomic E-state index is 12.9. The smallest absolute Gasteiger partial charge is 0.255 e. The standard InChI is InChI=1S/C22H31N3O5S2/c1-6-24(7-2)31(27,28)20-14-12-19(13-15-20)23-22(26)18-11-10-17(5)21(16-18)32(29,30)25(8-3)9-4/h10-16H,6-9H2,1-5H3,(H,23,26). The third kappa shape index (κ3) is 5.37. The van der Waals surface area contributed by atoms with E-state index in [0.717, 1.165) is 0 Å². The van der Waals surface area contributed by atoms with E-state index in [0.29, 0.717) is 37.4 Å². The third-order valence-corrected chi connectivity index (χ3v) is 9.48. The van der Waals surface area contributed by atoms with Gasteiger partial charge in [-0.2, -0.15) is 8.61 Å². The van der Waals surface area contributed by atoms with Gasteiger partial charge in [0.05, 0.1) is 9.79 Å². The predicted molar refractivity (Wildman–Crippen MR) is 126 cm³/mol. The van der Waals surface area contributed by atoms with E-state index in [1.54, 1.807) is 46.8 Å². The molecule has 2 rings (SSSR count). The number of hydrogen-bond donors (Lipinski definition) is 1. The summed E-state index contributed by atoms with van der Waals surface area (Å²) < 4.78 is 53.7. The van der Waals surface area contributed by atoms with E-state index in [4.69, 9.17) is 0 Å². The van der Waals surface area contributed by atoms with E-state index < -0.39 is 26.0 Å². The molecule has 10 heteroatoms. The molecule has 1 N–H and O–H groups in total. The second-order valence-corrected chi connectivity index (χ2v) is 11.0. The lowest BCUT2D eigenvalue weighted by molar-refractivity contribution is 0.102. The molecule has 2 aromatic rings. The summed E-state index contributed by atoms with van der Waals surface area (Å²) in [5, 5.41) is 2.69. The molecule has 0 atom stereocenters. The van der Waals surface area contributed by atoms with Crippen LogP contribution in [0.25, 0.3) is 0 Å². The van der Waals surface area contributed by atoms with Gasteiger partial charge in [0.15, 0.2) is 0 Å². The van der Waals surface area contributed by atoms with Gasteiger partial charge in [-0.3, -0.25) is 4.79 Å². The van der Waals surface area contributed by atoms with Crippen molar-refractivity contribution in [2.45, 2.75) is 44.4 Å². The molecule has 0 radical (unpaired) electrons. The molecular formula is C22H31N3O5S2. The molecule has 0 saturated heterocycles. The summed E-state index contributed by atoms with van der Waals surface area (Å²) >= 11 is 0. The quantitative estimate of drug-likeness (QED) is 0.561. The van der Waals surface area contributed by atoms with Crippen molar-refractivity contribution in [3.05, 3.63) is 53.6 Å². The molecular weight excluding hydrogens is 450 g/mol. The Balaban J connectivity index is 2.29. The number of hydrogen-bond acceptors (Lipinski definition) is 5. The molecule has 1 amide bonds. The highest BCUT2D eigenvalue weighted by molar-refractivity contribution is 7.89. The summed E-state index contributed by atoms with van der Waals surface area (Å²) in [7, 11) is -7.30. The Morgan fingerprint density at radius 1 is 0.781 bits per heavy atom. The first kappa shape index (κ1) is 26.0. The third-order valence-electron chi connectivity index (χ3n) is 5.23. The van der Waals surface area contributed by atoms with Crippen molar-refractivity contribution < 1.29 is 21.6 Å². The predicted octanol–water partition coefficient (Wildman–Crippen LogP) is 3.31. The fourth-order valence-corrected chi connectivity index (χ4v) is 6.51. The van der Waals surface area contributed by atoms with Gasteiger partial charge in [0.2, 0.25) is 20.0 Å². The molecule has 0 spiro atoms. The second kappa shape index (κ2) is 10.6. The Kier molecular flexibility index (Phi) is 8.58. The number of benzene rings is 2. The zero-order valence-electron chi connectivity index (χ0n) is 19.1. The highest BCUT2D eigenvalue weighted by Gasteiger charge is 2.25. The van der Waals surface area contributed by atoms with Crippen LogP contribution in [0.1, 0.15) is 43.6 Å². The highest BCUT2D eigenvalue weighted by Crippen LogP contribution is 2.23. The molecule has 32 heavy (non-hydrogen) atoms. The topological polar surface area (TPSA) is 104 Å². The molecule has 0 bridgehead atoms. The van der Waals surface area contributed by atoms with Crippen molar-refractivity contribution >= 4 is 31.6 Å². The SMILES string of the molecule is CCN(CC)S(=O)(=O)c1ccc(NC(=O)c2ccc(C)c(S(=O)(=O)N(CC)CC)c2)cc1. The number of nitrogens with zero attached hydrogens (tertiary/aromatic N) is 2. The summed E-state index contributed by atoms with van der Waals surface area (Å²) in [4.78, 5) is 13.0. The first-order valence-electron chi connectivity index (χ1n) is 10.5. The van der Waals surface area contributed by atoms with Crippen LogP contribution in [0, 0.1) is 6.92 Å². The number of carbonyl (C=O) groups is 1. The molecule has 0 aliphatic carbocycles. The van der Waals surface area contributed by atoms with E-state index >= 15 is 0 Å². The van der Waals surface area contributed by atoms with Crippen molar-refractivity contribution in [3.8, 4) is 0 Å². The van der Waals surface area contributed by atoms with Gasteiger partial charge in [0, 0.05) is 37.4 Å². The normalized spacial score (nSPS) is 12.3. The zero-order chi connectivity index (χ0) is 24.1. The first-order valence-corrected chi connectivity index (χ1v) is 13.4. The average Bonchev–Trinajstić information content (AvgIpc) is 2.75. The van der Waals surface area contributed by atoms with Crippen molar-refractivity contribution in [2.24, 2.45) is 0 Å². The van der Waals surface area contributed by atoms with Crippen LogP contribution >= 0.6 is 0 Å². The van der Waals surface area contributed by atoms with E-state index in [1.807, 2.05) is 0 Å². The Morgan fingerprint density at radius 2 is 1.28 bits per heavy atom. The fraction of sp³-hybridized carbons (Fsp3) is 0.409. The number of carbonyl (C=O) groups excluding carboxylic acids is 1. The van der Waals surface area contributed by atoms with Crippen molar-refractivity contribution in [2.75, 3.05) is 31.5 Å². The molecule has 0 heterocycles. The Labute approximate surface area is 191 Å². The number of sulfonamides is 2. The Hall–Kier alpha value is -2.27. The average molecular weight is 482 g/mol. The molecule has 0 aliphatic heterocycles. The fourth-order valence-electron chi connectivity index (χ4n) is 3.35. The van der Waals surface area contributed by atoms with E-state index in [-0.39, 0.29) is 15.4 Å². The van der Waals surface area contributed by atoms with E-state index in [9.17, 15) is 21.6 Å². The van der Waals surface area contributed by atoms with Crippen LogP contribution in [-0.4, -0.2) is 57.5 Å². The minimum absolute atomic E-state index is 0.0921. The minimum Gasteiger partial charge on any atom is -0.322 e. The van der Waals surface area contributed by atoms with Gasteiger partial charge in [0.1, 0.15) is 0 Å². The molecule has 176 valence electrons. The van der Waals surface area contributed by atoms with Crippen LogP contribution in [0.15, 0.2) is 52.3 Å². The summed E-state index contributed by atoms with van der Waals surface area (Å²) in [6.07, 6.45) is 0. The van der Waals surface area contributed by atoms with Crippen LogP contribution < -0.4 is 5.32 Å². The van der Waals surface area contributed by atoms with Crippen LogP contribution in [-0.2, 0) is 20.0 Å². The second-order valence-electron chi connectivity index (χ2n) is 7.14. The van der Waals surface area contributed by atoms with Gasteiger partial charge in [-0.15, -0.1) is 0 Å². The molecule has 0 aliphatic rings. The summed E-state index contributed by atoms with van der Waals surface area (Å²) in [5.41, 5.74) is 1.16. The van der Waals surface area contributed by atoms with Crippen molar-refractivity contribution in [1.29, 1.82) is 0 Å². The van der Waals surface area contributed by atoms with Crippen molar-refractivity contribution in [1.82, 2.24) is 8.61 Å². The summed E-state index contributed by atoms with van der Waals surface area (Å²) in [6.45, 7) is 10.1. The van der Waals surface area contributed by atoms with E-state index in [2.05, 4.69) is 5.32 Å². The van der Waals surface area contributed by atoms with Gasteiger partial charge < -0.3 is 5.32 Å².